The molecule has 5 rings (SSSR count). The van der Waals surface area contributed by atoms with Crippen LogP contribution >= 0.6 is 11.3 Å². The van der Waals surface area contributed by atoms with Crippen LogP contribution in [-0.2, 0) is 4.74 Å². The van der Waals surface area contributed by atoms with Crippen LogP contribution in [0.25, 0.3) is 43.6 Å². The van der Waals surface area contributed by atoms with E-state index >= 15 is 0 Å². The molecule has 0 saturated heterocycles. The molecular weight excluding hydrogens is 436 g/mol. The number of hydrogen-bond acceptors (Lipinski definition) is 6. The van der Waals surface area contributed by atoms with Gasteiger partial charge in [-0.05, 0) is 46.5 Å². The second-order valence-corrected chi connectivity index (χ2v) is 8.29. The zero-order chi connectivity index (χ0) is 22.9. The summed E-state index contributed by atoms with van der Waals surface area (Å²) in [5, 5.41) is 13.6. The third-order valence-corrected chi connectivity index (χ3v) is 6.42. The van der Waals surface area contributed by atoms with E-state index in [1.54, 1.807) is 36.7 Å². The molecule has 0 radical (unpaired) electrons. The van der Waals surface area contributed by atoms with Crippen LogP contribution < -0.4 is 5.56 Å². The lowest BCUT2D eigenvalue weighted by atomic mass is 9.98. The van der Waals surface area contributed by atoms with Gasteiger partial charge in [0.1, 0.15) is 10.6 Å². The summed E-state index contributed by atoms with van der Waals surface area (Å²) in [6.45, 7) is 0. The number of hydrogen-bond donors (Lipinski definition) is 2. The maximum Gasteiger partial charge on any atom is 0.337 e. The third-order valence-electron chi connectivity index (χ3n) is 5.52. The molecule has 0 aliphatic heterocycles. The number of nitrogens with one attached hydrogen (secondary N) is 1. The summed E-state index contributed by atoms with van der Waals surface area (Å²) < 4.78 is 4.74. The van der Waals surface area contributed by atoms with E-state index < -0.39 is 0 Å². The van der Waals surface area contributed by atoms with E-state index in [1.807, 2.05) is 41.8 Å². The predicted octanol–water partition coefficient (Wildman–Crippen LogP) is 5.48. The average Bonchev–Trinajstić information content (AvgIpc) is 3.28. The Balaban J connectivity index is 1.55. The normalized spacial score (nSPS) is 10.9. The van der Waals surface area contributed by atoms with Gasteiger partial charge >= 0.3 is 5.97 Å². The Hall–Kier alpha value is -4.23. The van der Waals surface area contributed by atoms with Crippen molar-refractivity contribution in [2.75, 3.05) is 7.11 Å². The molecule has 0 aliphatic rings. The van der Waals surface area contributed by atoms with Gasteiger partial charge in [-0.1, -0.05) is 36.4 Å². The molecule has 2 N–H and O–H groups in total. The molecule has 0 bridgehead atoms. The van der Waals surface area contributed by atoms with E-state index in [2.05, 4.69) is 9.97 Å². The van der Waals surface area contributed by atoms with E-state index in [-0.39, 0.29) is 22.8 Å². The van der Waals surface area contributed by atoms with Gasteiger partial charge in [-0.15, -0.1) is 11.3 Å². The summed E-state index contributed by atoms with van der Waals surface area (Å²) in [6, 6.07) is 18.5. The largest absolute Gasteiger partial charge is 0.506 e. The van der Waals surface area contributed by atoms with Crippen molar-refractivity contribution in [2.24, 2.45) is 0 Å². The van der Waals surface area contributed by atoms with Crippen LogP contribution in [0.5, 0.6) is 5.75 Å². The second kappa shape index (κ2) is 8.37. The molecule has 162 valence electrons. The van der Waals surface area contributed by atoms with Gasteiger partial charge in [-0.2, -0.15) is 0 Å². The lowest BCUT2D eigenvalue weighted by molar-refractivity contribution is 0.0600. The topological polar surface area (TPSA) is 92.3 Å². The van der Waals surface area contributed by atoms with E-state index in [1.165, 1.54) is 18.4 Å². The molecule has 3 aromatic heterocycles. The smallest absolute Gasteiger partial charge is 0.337 e. The van der Waals surface area contributed by atoms with Gasteiger partial charge in [0.25, 0.3) is 5.56 Å². The van der Waals surface area contributed by atoms with E-state index in [0.717, 1.165) is 22.3 Å². The molecule has 3 heterocycles. The van der Waals surface area contributed by atoms with E-state index in [0.29, 0.717) is 21.3 Å². The van der Waals surface area contributed by atoms with Gasteiger partial charge in [0.15, 0.2) is 0 Å². The van der Waals surface area contributed by atoms with Crippen molar-refractivity contribution in [1.82, 2.24) is 9.97 Å². The predicted molar refractivity (Wildman–Crippen MR) is 130 cm³/mol. The van der Waals surface area contributed by atoms with Crippen molar-refractivity contribution >= 4 is 27.5 Å². The highest BCUT2D eigenvalue weighted by Crippen LogP contribution is 2.41. The molecule has 5 aromatic rings. The Morgan fingerprint density at radius 1 is 0.909 bits per heavy atom. The fraction of sp³-hybridized carbons (Fsp3) is 0.0385. The number of methoxy groups -OCH3 is 1. The van der Waals surface area contributed by atoms with Gasteiger partial charge in [-0.3, -0.25) is 9.78 Å². The number of rotatable bonds is 4. The minimum atomic E-state index is -0.370. The van der Waals surface area contributed by atoms with Gasteiger partial charge in [0.2, 0.25) is 0 Å². The first-order valence-electron chi connectivity index (χ1n) is 10.1. The number of carbonyl (C=O) groups excluding carboxylic acids is 1. The van der Waals surface area contributed by atoms with E-state index in [4.69, 9.17) is 4.74 Å². The van der Waals surface area contributed by atoms with Crippen LogP contribution in [0.3, 0.4) is 0 Å². The Kier molecular flexibility index (Phi) is 5.24. The summed E-state index contributed by atoms with van der Waals surface area (Å²) in [5.74, 6) is -0.413. The molecule has 6 nitrogen and oxygen atoms in total. The number of carbonyl (C=O) groups is 1. The lowest BCUT2D eigenvalue weighted by Gasteiger charge is -2.08. The first kappa shape index (κ1) is 20.7. The number of aromatic hydroxyl groups is 1. The van der Waals surface area contributed by atoms with Crippen LogP contribution in [0.4, 0.5) is 0 Å². The van der Waals surface area contributed by atoms with Crippen molar-refractivity contribution < 1.29 is 14.6 Å². The zero-order valence-electron chi connectivity index (χ0n) is 17.5. The Labute approximate surface area is 192 Å². The highest BCUT2D eigenvalue weighted by Gasteiger charge is 2.19. The first-order chi connectivity index (χ1) is 16.1. The molecule has 0 aliphatic carbocycles. The van der Waals surface area contributed by atoms with Crippen LogP contribution in [-0.4, -0.2) is 28.2 Å². The number of nitrogens with zero attached hydrogens (tertiary/aromatic N) is 1. The van der Waals surface area contributed by atoms with Gasteiger partial charge in [0, 0.05) is 23.3 Å². The number of aromatic amines is 1. The van der Waals surface area contributed by atoms with Crippen molar-refractivity contribution in [2.45, 2.75) is 0 Å². The lowest BCUT2D eigenvalue weighted by Crippen LogP contribution is -2.08. The molecule has 0 saturated carbocycles. The van der Waals surface area contributed by atoms with Crippen LogP contribution in [0.15, 0.2) is 83.2 Å². The van der Waals surface area contributed by atoms with Crippen LogP contribution in [0, 0.1) is 0 Å². The average molecular weight is 455 g/mol. The molecule has 0 spiro atoms. The number of pyridine rings is 2. The quantitative estimate of drug-likeness (QED) is 0.351. The highest BCUT2D eigenvalue weighted by molar-refractivity contribution is 7.17. The summed E-state index contributed by atoms with van der Waals surface area (Å²) in [6.07, 6.45) is 3.17. The Morgan fingerprint density at radius 2 is 1.52 bits per heavy atom. The fourth-order valence-electron chi connectivity index (χ4n) is 3.84. The maximum atomic E-state index is 12.6. The first-order valence-corrected chi connectivity index (χ1v) is 11.0. The van der Waals surface area contributed by atoms with Gasteiger partial charge in [0.05, 0.1) is 23.6 Å². The van der Waals surface area contributed by atoms with Gasteiger partial charge in [-0.25, -0.2) is 4.79 Å². The number of benzene rings is 2. The maximum absolute atomic E-state index is 12.6. The minimum absolute atomic E-state index is 0.0429. The molecule has 0 unspecified atom stereocenters. The molecule has 33 heavy (non-hydrogen) atoms. The number of H-pyrrole nitrogens is 1. The second-order valence-electron chi connectivity index (χ2n) is 7.41. The summed E-state index contributed by atoms with van der Waals surface area (Å²) >= 11 is 1.38. The molecule has 2 aromatic carbocycles. The van der Waals surface area contributed by atoms with Crippen LogP contribution in [0.1, 0.15) is 10.4 Å². The monoisotopic (exact) mass is 454 g/mol. The molecular formula is C26H18N2O4S. The number of esters is 1. The van der Waals surface area contributed by atoms with E-state index in [9.17, 15) is 14.7 Å². The zero-order valence-corrected chi connectivity index (χ0v) is 18.3. The van der Waals surface area contributed by atoms with Gasteiger partial charge < -0.3 is 14.8 Å². The number of ether oxygens (including phenoxy) is 1. The minimum Gasteiger partial charge on any atom is -0.506 e. The van der Waals surface area contributed by atoms with Crippen molar-refractivity contribution in [3.05, 3.63) is 94.4 Å². The Morgan fingerprint density at radius 3 is 2.15 bits per heavy atom. The molecule has 0 atom stereocenters. The highest BCUT2D eigenvalue weighted by atomic mass is 32.1. The number of thiophene rings is 1. The third kappa shape index (κ3) is 3.68. The van der Waals surface area contributed by atoms with Crippen molar-refractivity contribution in [3.63, 3.8) is 0 Å². The number of aromatic nitrogens is 2. The molecule has 0 amide bonds. The van der Waals surface area contributed by atoms with Crippen LogP contribution in [0.2, 0.25) is 0 Å². The standard InChI is InChI=1S/C26H18N2O4S/c1-32-26(31)19-8-4-16(5-9-19)15-2-6-17(7-3-15)20-14-33-25-22(20)23(29)21(24(30)28-25)18-10-12-27-13-11-18/h2-14H,1H3,(H2,28,29,30). The summed E-state index contributed by atoms with van der Waals surface area (Å²) in [5.41, 5.74) is 4.70. The molecule has 7 heteroatoms. The SMILES string of the molecule is COC(=O)c1ccc(-c2ccc(-c3csc4[nH]c(=O)c(-c5ccncc5)c(O)c34)cc2)cc1. The molecule has 0 fully saturated rings. The summed E-state index contributed by atoms with van der Waals surface area (Å²) in [7, 11) is 1.36. The Bertz CT molecular complexity index is 1520. The fourth-order valence-corrected chi connectivity index (χ4v) is 4.81. The van der Waals surface area contributed by atoms with Crippen molar-refractivity contribution in [3.8, 4) is 39.1 Å². The van der Waals surface area contributed by atoms with Crippen molar-refractivity contribution in [1.29, 1.82) is 0 Å². The summed E-state index contributed by atoms with van der Waals surface area (Å²) in [4.78, 5) is 31.8. The number of fused-ring (bicyclic) bond motifs is 1.